The monoisotopic (exact) mass is 240 g/mol. The summed E-state index contributed by atoms with van der Waals surface area (Å²) in [5, 5.41) is 0. The van der Waals surface area contributed by atoms with Crippen molar-refractivity contribution in [1.82, 2.24) is 4.90 Å². The number of carbonyl (C=O) groups excluding carboxylic acids is 2. The molecule has 0 radical (unpaired) electrons. The third kappa shape index (κ3) is 3.44. The summed E-state index contributed by atoms with van der Waals surface area (Å²) in [4.78, 5) is 24.0. The van der Waals surface area contributed by atoms with Gasteiger partial charge in [-0.3, -0.25) is 4.79 Å². The van der Waals surface area contributed by atoms with Crippen LogP contribution in [0.2, 0.25) is 0 Å². The van der Waals surface area contributed by atoms with Gasteiger partial charge in [-0.05, 0) is 18.2 Å². The van der Waals surface area contributed by atoms with E-state index in [-0.39, 0.29) is 17.2 Å². The zero-order valence-electron chi connectivity index (χ0n) is 9.57. The maximum absolute atomic E-state index is 12.9. The molecular weight excluding hydrogens is 227 g/mol. The van der Waals surface area contributed by atoms with Crippen LogP contribution in [0.15, 0.2) is 18.2 Å². The minimum atomic E-state index is -0.822. The Morgan fingerprint density at radius 1 is 1.41 bits per heavy atom. The van der Waals surface area contributed by atoms with Crippen LogP contribution in [-0.4, -0.2) is 37.5 Å². The van der Waals surface area contributed by atoms with E-state index in [9.17, 15) is 14.0 Å². The molecule has 0 fully saturated rings. The molecule has 92 valence electrons. The average molecular weight is 240 g/mol. The summed E-state index contributed by atoms with van der Waals surface area (Å²) in [7, 11) is 3.07. The van der Waals surface area contributed by atoms with E-state index in [0.29, 0.717) is 0 Å². The minimum Gasteiger partial charge on any atom is -0.452 e. The Bertz CT molecular complexity index is 446. The number of rotatable bonds is 3. The predicted octanol–water partition coefficient (Wildman–Crippen LogP) is 0.653. The van der Waals surface area contributed by atoms with Crippen LogP contribution in [0.4, 0.5) is 10.1 Å². The highest BCUT2D eigenvalue weighted by molar-refractivity contribution is 5.96. The molecule has 1 aromatic rings. The molecule has 0 aliphatic rings. The molecule has 0 bridgehead atoms. The normalized spacial score (nSPS) is 9.82. The van der Waals surface area contributed by atoms with Crippen LogP contribution in [0.3, 0.4) is 0 Å². The van der Waals surface area contributed by atoms with Crippen LogP contribution in [-0.2, 0) is 9.53 Å². The zero-order chi connectivity index (χ0) is 13.0. The third-order valence-corrected chi connectivity index (χ3v) is 2.06. The molecule has 0 unspecified atom stereocenters. The SMILES string of the molecule is CN(C)C(=O)COC(=O)c1cc(F)ccc1N. The third-order valence-electron chi connectivity index (χ3n) is 2.06. The Morgan fingerprint density at radius 2 is 2.06 bits per heavy atom. The number of halogens is 1. The van der Waals surface area contributed by atoms with Crippen LogP contribution in [0.1, 0.15) is 10.4 Å². The molecule has 0 aliphatic carbocycles. The smallest absolute Gasteiger partial charge is 0.340 e. The van der Waals surface area contributed by atoms with E-state index in [1.54, 1.807) is 0 Å². The molecule has 1 rings (SSSR count). The fourth-order valence-corrected chi connectivity index (χ4v) is 1.04. The number of hydrogen-bond donors (Lipinski definition) is 1. The molecule has 2 N–H and O–H groups in total. The van der Waals surface area contributed by atoms with E-state index in [4.69, 9.17) is 10.5 Å². The van der Waals surface area contributed by atoms with E-state index in [1.807, 2.05) is 0 Å². The summed E-state index contributed by atoms with van der Waals surface area (Å²) >= 11 is 0. The number of esters is 1. The first-order valence-electron chi connectivity index (χ1n) is 4.84. The lowest BCUT2D eigenvalue weighted by atomic mass is 10.2. The second kappa shape index (κ2) is 5.29. The molecule has 6 heteroatoms. The van der Waals surface area contributed by atoms with Gasteiger partial charge in [0.15, 0.2) is 6.61 Å². The van der Waals surface area contributed by atoms with Crippen LogP contribution in [0, 0.1) is 5.82 Å². The van der Waals surface area contributed by atoms with Gasteiger partial charge in [-0.2, -0.15) is 0 Å². The summed E-state index contributed by atoms with van der Waals surface area (Å²) in [5.41, 5.74) is 5.51. The van der Waals surface area contributed by atoms with Gasteiger partial charge in [0.25, 0.3) is 5.91 Å². The Kier molecular flexibility index (Phi) is 4.03. The molecule has 0 aromatic heterocycles. The maximum Gasteiger partial charge on any atom is 0.340 e. The lowest BCUT2D eigenvalue weighted by molar-refractivity contribution is -0.131. The van der Waals surface area contributed by atoms with Crippen molar-refractivity contribution in [3.63, 3.8) is 0 Å². The highest BCUT2D eigenvalue weighted by Gasteiger charge is 2.14. The van der Waals surface area contributed by atoms with Crippen LogP contribution in [0.5, 0.6) is 0 Å². The Morgan fingerprint density at radius 3 is 2.65 bits per heavy atom. The number of carbonyl (C=O) groups is 2. The van der Waals surface area contributed by atoms with Gasteiger partial charge in [0.1, 0.15) is 5.82 Å². The quantitative estimate of drug-likeness (QED) is 0.622. The number of ether oxygens (including phenoxy) is 1. The zero-order valence-corrected chi connectivity index (χ0v) is 9.57. The van der Waals surface area contributed by atoms with Crippen molar-refractivity contribution in [1.29, 1.82) is 0 Å². The van der Waals surface area contributed by atoms with Gasteiger partial charge >= 0.3 is 5.97 Å². The van der Waals surface area contributed by atoms with Crippen molar-refractivity contribution >= 4 is 17.6 Å². The number of benzene rings is 1. The standard InChI is InChI=1S/C11H13FN2O3/c1-14(2)10(15)6-17-11(16)8-5-7(12)3-4-9(8)13/h3-5H,6,13H2,1-2H3. The van der Waals surface area contributed by atoms with Gasteiger partial charge in [-0.15, -0.1) is 0 Å². The summed E-state index contributed by atoms with van der Waals surface area (Å²) in [6, 6.07) is 3.37. The first-order chi connectivity index (χ1) is 7.91. The van der Waals surface area contributed by atoms with Gasteiger partial charge in [0, 0.05) is 19.8 Å². The van der Waals surface area contributed by atoms with Crippen molar-refractivity contribution in [2.45, 2.75) is 0 Å². The molecule has 0 saturated carbocycles. The molecule has 1 amide bonds. The first kappa shape index (κ1) is 13.0. The molecule has 0 heterocycles. The number of nitrogens with two attached hydrogens (primary N) is 1. The molecular formula is C11H13FN2O3. The van der Waals surface area contributed by atoms with Crippen LogP contribution >= 0.6 is 0 Å². The lowest BCUT2D eigenvalue weighted by Crippen LogP contribution is -2.27. The van der Waals surface area contributed by atoms with Crippen molar-refractivity contribution in [3.8, 4) is 0 Å². The topological polar surface area (TPSA) is 72.6 Å². The lowest BCUT2D eigenvalue weighted by Gasteiger charge is -2.11. The van der Waals surface area contributed by atoms with Crippen molar-refractivity contribution in [2.75, 3.05) is 26.4 Å². The van der Waals surface area contributed by atoms with E-state index in [1.165, 1.54) is 25.1 Å². The molecule has 0 aliphatic heterocycles. The van der Waals surface area contributed by atoms with Crippen molar-refractivity contribution < 1.29 is 18.7 Å². The summed E-state index contributed by atoms with van der Waals surface area (Å²) in [5.74, 6) is -1.78. The molecule has 0 saturated heterocycles. The van der Waals surface area contributed by atoms with Crippen LogP contribution < -0.4 is 5.73 Å². The largest absolute Gasteiger partial charge is 0.452 e. The van der Waals surface area contributed by atoms with E-state index in [2.05, 4.69) is 0 Å². The second-order valence-corrected chi connectivity index (χ2v) is 3.60. The molecule has 0 spiro atoms. The fraction of sp³-hybridized carbons (Fsp3) is 0.273. The number of anilines is 1. The number of hydrogen-bond acceptors (Lipinski definition) is 4. The summed E-state index contributed by atoms with van der Waals surface area (Å²) in [6.45, 7) is -0.401. The highest BCUT2D eigenvalue weighted by atomic mass is 19.1. The fourth-order valence-electron chi connectivity index (χ4n) is 1.04. The number of nitrogens with zero attached hydrogens (tertiary/aromatic N) is 1. The summed E-state index contributed by atoms with van der Waals surface area (Å²) in [6.07, 6.45) is 0. The minimum absolute atomic E-state index is 0.0865. The number of likely N-dealkylation sites (N-methyl/N-ethyl adjacent to an activating group) is 1. The second-order valence-electron chi connectivity index (χ2n) is 3.60. The molecule has 17 heavy (non-hydrogen) atoms. The van der Waals surface area contributed by atoms with Gasteiger partial charge in [-0.1, -0.05) is 0 Å². The first-order valence-corrected chi connectivity index (χ1v) is 4.84. The van der Waals surface area contributed by atoms with Gasteiger partial charge in [-0.25, -0.2) is 9.18 Å². The van der Waals surface area contributed by atoms with Gasteiger partial charge in [0.2, 0.25) is 0 Å². The van der Waals surface area contributed by atoms with Gasteiger partial charge in [0.05, 0.1) is 5.56 Å². The van der Waals surface area contributed by atoms with Crippen molar-refractivity contribution in [3.05, 3.63) is 29.6 Å². The van der Waals surface area contributed by atoms with E-state index < -0.39 is 18.4 Å². The van der Waals surface area contributed by atoms with Crippen LogP contribution in [0.25, 0.3) is 0 Å². The van der Waals surface area contributed by atoms with E-state index >= 15 is 0 Å². The average Bonchev–Trinajstić information content (AvgIpc) is 2.28. The molecule has 0 atom stereocenters. The highest BCUT2D eigenvalue weighted by Crippen LogP contribution is 2.14. The van der Waals surface area contributed by atoms with Crippen molar-refractivity contribution in [2.24, 2.45) is 0 Å². The van der Waals surface area contributed by atoms with Gasteiger partial charge < -0.3 is 15.4 Å². The Hall–Kier alpha value is -2.11. The summed E-state index contributed by atoms with van der Waals surface area (Å²) < 4.78 is 17.6. The Balaban J connectivity index is 2.70. The predicted molar refractivity (Wildman–Crippen MR) is 59.8 cm³/mol. The number of nitrogen functional groups attached to an aromatic ring is 1. The molecule has 5 nitrogen and oxygen atoms in total. The Labute approximate surface area is 98.0 Å². The maximum atomic E-state index is 12.9. The van der Waals surface area contributed by atoms with E-state index in [0.717, 1.165) is 12.1 Å². The number of amides is 1. The molecule has 1 aromatic carbocycles.